The van der Waals surface area contributed by atoms with Crippen molar-refractivity contribution in [3.63, 3.8) is 0 Å². The van der Waals surface area contributed by atoms with Crippen LogP contribution in [0.3, 0.4) is 0 Å². The van der Waals surface area contributed by atoms with Gasteiger partial charge < -0.3 is 24.7 Å². The second-order valence-corrected chi connectivity index (χ2v) is 9.20. The number of amides is 1. The van der Waals surface area contributed by atoms with E-state index in [0.717, 1.165) is 0 Å². The number of ether oxygens (including phenoxy) is 1. The van der Waals surface area contributed by atoms with Crippen molar-refractivity contribution in [1.29, 1.82) is 0 Å². The summed E-state index contributed by atoms with van der Waals surface area (Å²) < 4.78 is 7.02. The Bertz CT molecular complexity index is 993. The van der Waals surface area contributed by atoms with Gasteiger partial charge in [-0.25, -0.2) is 9.48 Å². The third kappa shape index (κ3) is 5.69. The number of aromatic nitrogens is 3. The first-order chi connectivity index (χ1) is 15.0. The number of nitrogens with zero attached hydrogens (tertiary/aromatic N) is 5. The minimum Gasteiger partial charge on any atom is -0.480 e. The van der Waals surface area contributed by atoms with E-state index in [1.807, 2.05) is 20.8 Å². The molecule has 1 saturated heterocycles. The van der Waals surface area contributed by atoms with Gasteiger partial charge in [-0.2, -0.15) is 0 Å². The zero-order valence-corrected chi connectivity index (χ0v) is 19.4. The van der Waals surface area contributed by atoms with Crippen molar-refractivity contribution in [2.45, 2.75) is 45.1 Å². The number of hydrogen-bond acceptors (Lipinski definition) is 7. The van der Waals surface area contributed by atoms with Crippen LogP contribution in [-0.4, -0.2) is 79.6 Å². The van der Waals surface area contributed by atoms with E-state index in [-0.39, 0.29) is 31.3 Å². The maximum absolute atomic E-state index is 12.9. The SMILES string of the molecule is CC(C)(C)OCCC(C(=O)O)N1CC(O)N(c2cc(Cl)ccc2-n2cc(Cl)nn2)CC1=O. The third-order valence-electron chi connectivity index (χ3n) is 4.89. The van der Waals surface area contributed by atoms with E-state index in [2.05, 4.69) is 10.3 Å². The fraction of sp³-hybridized carbons (Fsp3) is 0.500. The number of carbonyl (C=O) groups is 2. The van der Waals surface area contributed by atoms with Crippen LogP contribution in [0.1, 0.15) is 27.2 Å². The molecule has 1 aliphatic heterocycles. The minimum absolute atomic E-state index is 0.102. The molecule has 2 heterocycles. The Morgan fingerprint density at radius 1 is 1.31 bits per heavy atom. The molecule has 2 unspecified atom stereocenters. The largest absolute Gasteiger partial charge is 0.480 e. The monoisotopic (exact) mass is 485 g/mol. The predicted octanol–water partition coefficient (Wildman–Crippen LogP) is 2.20. The number of β-amino-alcohol motifs (C(OH)–C–C–N with tert-alkyl or cyclic N) is 1. The summed E-state index contributed by atoms with van der Waals surface area (Å²) in [7, 11) is 0. The van der Waals surface area contributed by atoms with E-state index in [0.29, 0.717) is 16.4 Å². The highest BCUT2D eigenvalue weighted by atomic mass is 35.5. The van der Waals surface area contributed by atoms with Crippen molar-refractivity contribution in [2.24, 2.45) is 0 Å². The number of aliphatic hydroxyl groups excluding tert-OH is 1. The van der Waals surface area contributed by atoms with Crippen LogP contribution in [0.25, 0.3) is 5.69 Å². The van der Waals surface area contributed by atoms with Crippen LogP contribution in [0, 0.1) is 0 Å². The van der Waals surface area contributed by atoms with Crippen LogP contribution in [0.4, 0.5) is 5.69 Å². The number of piperazine rings is 1. The molecule has 1 aromatic carbocycles. The zero-order valence-electron chi connectivity index (χ0n) is 17.9. The average Bonchev–Trinajstić information content (AvgIpc) is 3.12. The molecule has 174 valence electrons. The first kappa shape index (κ1) is 24.2. The van der Waals surface area contributed by atoms with Gasteiger partial charge in [0.1, 0.15) is 12.3 Å². The Kier molecular flexibility index (Phi) is 7.29. The van der Waals surface area contributed by atoms with Gasteiger partial charge in [-0.05, 0) is 39.0 Å². The average molecular weight is 486 g/mol. The highest BCUT2D eigenvalue weighted by Crippen LogP contribution is 2.31. The molecule has 2 aromatic rings. The molecule has 1 fully saturated rings. The lowest BCUT2D eigenvalue weighted by molar-refractivity contribution is -0.154. The summed E-state index contributed by atoms with van der Waals surface area (Å²) in [4.78, 5) is 27.4. The second-order valence-electron chi connectivity index (χ2n) is 8.38. The van der Waals surface area contributed by atoms with Crippen LogP contribution in [-0.2, 0) is 14.3 Å². The summed E-state index contributed by atoms with van der Waals surface area (Å²) in [6.45, 7) is 5.30. The Morgan fingerprint density at radius 2 is 2.03 bits per heavy atom. The number of carboxylic acids is 1. The lowest BCUT2D eigenvalue weighted by Gasteiger charge is -2.42. The Balaban J connectivity index is 1.82. The fourth-order valence-corrected chi connectivity index (χ4v) is 3.73. The minimum atomic E-state index is -1.17. The lowest BCUT2D eigenvalue weighted by atomic mass is 10.1. The quantitative estimate of drug-likeness (QED) is 0.611. The molecular weight excluding hydrogens is 461 g/mol. The van der Waals surface area contributed by atoms with Crippen molar-refractivity contribution in [2.75, 3.05) is 24.6 Å². The normalized spacial score (nSPS) is 18.2. The zero-order chi connectivity index (χ0) is 23.6. The molecular formula is C20H25Cl2N5O5. The lowest BCUT2D eigenvalue weighted by Crippen LogP contribution is -2.61. The summed E-state index contributed by atoms with van der Waals surface area (Å²) in [6, 6.07) is 3.77. The Morgan fingerprint density at radius 3 is 2.62 bits per heavy atom. The summed E-state index contributed by atoms with van der Waals surface area (Å²) in [5.41, 5.74) is 0.503. The van der Waals surface area contributed by atoms with Gasteiger partial charge in [-0.15, -0.1) is 5.10 Å². The van der Waals surface area contributed by atoms with Gasteiger partial charge in [0, 0.05) is 18.1 Å². The number of aliphatic carboxylic acids is 1. The topological polar surface area (TPSA) is 121 Å². The molecule has 0 bridgehead atoms. The number of aliphatic hydroxyl groups is 1. The second kappa shape index (κ2) is 9.62. The maximum Gasteiger partial charge on any atom is 0.326 e. The van der Waals surface area contributed by atoms with E-state index in [1.165, 1.54) is 20.7 Å². The van der Waals surface area contributed by atoms with Gasteiger partial charge in [0.05, 0.1) is 36.3 Å². The van der Waals surface area contributed by atoms with Crippen LogP contribution < -0.4 is 4.90 Å². The molecule has 3 rings (SSSR count). The molecule has 0 radical (unpaired) electrons. The Labute approximate surface area is 195 Å². The van der Waals surface area contributed by atoms with Crippen LogP contribution >= 0.6 is 23.2 Å². The van der Waals surface area contributed by atoms with Crippen molar-refractivity contribution in [1.82, 2.24) is 19.9 Å². The maximum atomic E-state index is 12.9. The van der Waals surface area contributed by atoms with E-state index in [9.17, 15) is 19.8 Å². The van der Waals surface area contributed by atoms with Gasteiger partial charge in [-0.1, -0.05) is 28.4 Å². The standard InChI is InChI=1S/C20H25Cl2N5O5/c1-20(2,3)32-7-6-14(19(30)31)25-10-18(29)26(11-17(25)28)15-8-12(21)4-5-13(15)27-9-16(22)23-24-27/h4-5,8-9,14,18,29H,6-7,10-11H2,1-3H3,(H,30,31). The molecule has 1 aromatic heterocycles. The summed E-state index contributed by atoms with van der Waals surface area (Å²) in [5, 5.41) is 28.8. The molecule has 0 spiro atoms. The van der Waals surface area contributed by atoms with Gasteiger partial charge in [0.15, 0.2) is 5.15 Å². The van der Waals surface area contributed by atoms with Gasteiger partial charge in [0.2, 0.25) is 5.91 Å². The Hall–Kier alpha value is -2.40. The molecule has 1 aliphatic rings. The van der Waals surface area contributed by atoms with Crippen molar-refractivity contribution >= 4 is 40.8 Å². The number of carboxylic acid groups (broad SMARTS) is 1. The van der Waals surface area contributed by atoms with Crippen LogP contribution in [0.2, 0.25) is 10.2 Å². The molecule has 0 aliphatic carbocycles. The molecule has 2 atom stereocenters. The number of rotatable bonds is 7. The van der Waals surface area contributed by atoms with Crippen LogP contribution in [0.15, 0.2) is 24.4 Å². The van der Waals surface area contributed by atoms with Crippen molar-refractivity contribution < 1.29 is 24.5 Å². The molecule has 0 saturated carbocycles. The summed E-state index contributed by atoms with van der Waals surface area (Å²) in [5.74, 6) is -1.60. The summed E-state index contributed by atoms with van der Waals surface area (Å²) in [6.07, 6.45) is 0.411. The molecule has 10 nitrogen and oxygen atoms in total. The number of benzene rings is 1. The molecule has 1 amide bonds. The predicted molar refractivity (Wildman–Crippen MR) is 118 cm³/mol. The van der Waals surface area contributed by atoms with Gasteiger partial charge in [-0.3, -0.25) is 4.79 Å². The highest BCUT2D eigenvalue weighted by Gasteiger charge is 2.38. The summed E-state index contributed by atoms with van der Waals surface area (Å²) >= 11 is 12.0. The molecule has 2 N–H and O–H groups in total. The fourth-order valence-electron chi connectivity index (χ4n) is 3.44. The van der Waals surface area contributed by atoms with E-state index < -0.39 is 29.7 Å². The number of anilines is 1. The van der Waals surface area contributed by atoms with E-state index in [1.54, 1.807) is 18.2 Å². The smallest absolute Gasteiger partial charge is 0.326 e. The van der Waals surface area contributed by atoms with Crippen molar-refractivity contribution in [3.8, 4) is 5.69 Å². The van der Waals surface area contributed by atoms with E-state index >= 15 is 0 Å². The molecule has 32 heavy (non-hydrogen) atoms. The first-order valence-corrected chi connectivity index (χ1v) is 10.7. The van der Waals surface area contributed by atoms with Crippen molar-refractivity contribution in [3.05, 3.63) is 34.6 Å². The number of hydrogen-bond donors (Lipinski definition) is 2. The third-order valence-corrected chi connectivity index (χ3v) is 5.30. The van der Waals surface area contributed by atoms with Gasteiger partial charge >= 0.3 is 5.97 Å². The first-order valence-electron chi connectivity index (χ1n) is 9.95. The van der Waals surface area contributed by atoms with E-state index in [4.69, 9.17) is 27.9 Å². The highest BCUT2D eigenvalue weighted by molar-refractivity contribution is 6.31. The molecule has 12 heteroatoms. The van der Waals surface area contributed by atoms with Crippen LogP contribution in [0.5, 0.6) is 0 Å². The number of halogens is 2. The number of carbonyl (C=O) groups excluding carboxylic acids is 1. The van der Waals surface area contributed by atoms with Gasteiger partial charge in [0.25, 0.3) is 0 Å².